The molecule has 0 radical (unpaired) electrons. The fourth-order valence-electron chi connectivity index (χ4n) is 5.11. The molecule has 9 heteroatoms. The average Bonchev–Trinajstić information content (AvgIpc) is 3.50. The Labute approximate surface area is 269 Å². The van der Waals surface area contributed by atoms with Crippen LogP contribution in [-0.4, -0.2) is 36.3 Å². The molecule has 3 N–H and O–H groups in total. The predicted octanol–water partition coefficient (Wildman–Crippen LogP) is 7.93. The van der Waals surface area contributed by atoms with Gasteiger partial charge in [-0.3, -0.25) is 9.55 Å². The van der Waals surface area contributed by atoms with Gasteiger partial charge in [0.2, 0.25) is 0 Å². The van der Waals surface area contributed by atoms with Crippen molar-refractivity contribution in [3.05, 3.63) is 136 Å². The largest absolute Gasteiger partial charge is 0.384 e. The average molecular weight is 642 g/mol. The van der Waals surface area contributed by atoms with Crippen molar-refractivity contribution in [2.45, 2.75) is 38.5 Å². The molecule has 0 saturated carbocycles. The van der Waals surface area contributed by atoms with Crippen LogP contribution in [0.25, 0.3) is 22.5 Å². The molecule has 5 rings (SSSR count). The van der Waals surface area contributed by atoms with Crippen LogP contribution in [0.4, 0.5) is 0 Å². The molecule has 4 aromatic carbocycles. The quantitative estimate of drug-likeness (QED) is 0.0908. The topological polar surface area (TPSA) is 119 Å². The minimum Gasteiger partial charge on any atom is -0.384 e. The Balaban J connectivity index is 1.43. The van der Waals surface area contributed by atoms with E-state index in [4.69, 9.17) is 26.4 Å². The van der Waals surface area contributed by atoms with Crippen LogP contribution >= 0.6 is 11.6 Å². The third kappa shape index (κ3) is 8.48. The molecule has 1 aromatic heterocycles. The summed E-state index contributed by atoms with van der Waals surface area (Å²) in [5, 5.41) is 5.24. The lowest BCUT2D eigenvalue weighted by Gasteiger charge is -2.21. The summed E-state index contributed by atoms with van der Waals surface area (Å²) < 4.78 is 36.9. The summed E-state index contributed by atoms with van der Waals surface area (Å²) >= 11 is 6.09. The second-order valence-corrected chi connectivity index (χ2v) is 14.1. The van der Waals surface area contributed by atoms with Crippen molar-refractivity contribution in [3.8, 4) is 22.5 Å². The molecular formula is C36H36ClN3O4S. The van der Waals surface area contributed by atoms with Gasteiger partial charge in [0, 0.05) is 28.1 Å². The highest BCUT2D eigenvalue weighted by molar-refractivity contribution is 7.85. The maximum absolute atomic E-state index is 11.0. The molecule has 0 fully saturated rings. The second kappa shape index (κ2) is 13.4. The van der Waals surface area contributed by atoms with Crippen LogP contribution in [0.2, 0.25) is 5.02 Å². The van der Waals surface area contributed by atoms with Crippen molar-refractivity contribution in [3.63, 3.8) is 0 Å². The molecular weight excluding hydrogens is 606 g/mol. The monoisotopic (exact) mass is 641 g/mol. The highest BCUT2D eigenvalue weighted by Crippen LogP contribution is 2.34. The summed E-state index contributed by atoms with van der Waals surface area (Å²) in [5.41, 5.74) is 14.1. The van der Waals surface area contributed by atoms with Crippen molar-refractivity contribution < 1.29 is 17.5 Å². The molecule has 0 aliphatic carbocycles. The summed E-state index contributed by atoms with van der Waals surface area (Å²) in [4.78, 5) is 4.08. The number of amidine groups is 1. The van der Waals surface area contributed by atoms with Gasteiger partial charge in [-0.05, 0) is 57.9 Å². The Hall–Kier alpha value is -4.24. The number of benzene rings is 4. The first-order chi connectivity index (χ1) is 21.4. The van der Waals surface area contributed by atoms with E-state index in [1.807, 2.05) is 66.7 Å². The first kappa shape index (κ1) is 32.2. The standard InChI is InChI=1S/C36H36ClN3O4S/c1-36(2,3)30-15-11-26(12-16-30)32(21-24-7-9-27(10-8-24)35(38)39-19-20-45(41,42)43)33-23-34(44-40-33)29-6-4-5-28(22-29)25-13-17-31(37)18-14-25/h4-18,22-23,32H,19-21H2,1-3H3,(H2,38,39)(H,41,42,43). The highest BCUT2D eigenvalue weighted by Gasteiger charge is 2.22. The number of hydrogen-bond donors (Lipinski definition) is 2. The highest BCUT2D eigenvalue weighted by atomic mass is 35.5. The van der Waals surface area contributed by atoms with Crippen molar-refractivity contribution >= 4 is 27.6 Å². The normalized spacial score (nSPS) is 13.1. The van der Waals surface area contributed by atoms with Gasteiger partial charge < -0.3 is 10.3 Å². The van der Waals surface area contributed by atoms with E-state index in [0.717, 1.165) is 33.5 Å². The van der Waals surface area contributed by atoms with Gasteiger partial charge in [-0.25, -0.2) is 0 Å². The lowest BCUT2D eigenvalue weighted by atomic mass is 9.83. The summed E-state index contributed by atoms with van der Waals surface area (Å²) in [6.45, 7) is 6.47. The Morgan fingerprint density at radius 3 is 2.22 bits per heavy atom. The Morgan fingerprint density at radius 2 is 1.58 bits per heavy atom. The van der Waals surface area contributed by atoms with E-state index in [1.165, 1.54) is 5.56 Å². The Kier molecular flexibility index (Phi) is 9.58. The number of hydrogen-bond acceptors (Lipinski definition) is 5. The summed E-state index contributed by atoms with van der Waals surface area (Å²) in [7, 11) is -4.10. The number of aliphatic imine (C=N–C) groups is 1. The summed E-state index contributed by atoms with van der Waals surface area (Å²) in [5.74, 6) is 0.331. The van der Waals surface area contributed by atoms with E-state index < -0.39 is 15.9 Å². The van der Waals surface area contributed by atoms with E-state index in [-0.39, 0.29) is 23.7 Å². The van der Waals surface area contributed by atoms with Crippen LogP contribution in [0.3, 0.4) is 0 Å². The summed E-state index contributed by atoms with van der Waals surface area (Å²) in [6.07, 6.45) is 0.658. The number of rotatable bonds is 10. The second-order valence-electron chi connectivity index (χ2n) is 12.1. The number of aromatic nitrogens is 1. The van der Waals surface area contributed by atoms with Gasteiger partial charge in [0.15, 0.2) is 5.76 Å². The number of nitrogens with zero attached hydrogens (tertiary/aromatic N) is 2. The molecule has 45 heavy (non-hydrogen) atoms. The van der Waals surface area contributed by atoms with Crippen LogP contribution in [0.5, 0.6) is 0 Å². The van der Waals surface area contributed by atoms with Gasteiger partial charge in [-0.15, -0.1) is 0 Å². The van der Waals surface area contributed by atoms with E-state index in [0.29, 0.717) is 22.8 Å². The van der Waals surface area contributed by atoms with Crippen LogP contribution in [-0.2, 0) is 22.0 Å². The zero-order valence-corrected chi connectivity index (χ0v) is 27.0. The fourth-order valence-corrected chi connectivity index (χ4v) is 5.56. The summed E-state index contributed by atoms with van der Waals surface area (Å²) in [6, 6.07) is 34.3. The van der Waals surface area contributed by atoms with Crippen molar-refractivity contribution in [1.82, 2.24) is 5.16 Å². The maximum Gasteiger partial charge on any atom is 0.266 e. The van der Waals surface area contributed by atoms with Crippen molar-refractivity contribution in [1.29, 1.82) is 0 Å². The number of halogens is 1. The maximum atomic E-state index is 11.0. The molecule has 0 amide bonds. The fraction of sp³-hybridized carbons (Fsp3) is 0.222. The van der Waals surface area contributed by atoms with Gasteiger partial charge in [0.1, 0.15) is 5.84 Å². The minimum atomic E-state index is -4.10. The van der Waals surface area contributed by atoms with E-state index in [1.54, 1.807) is 0 Å². The van der Waals surface area contributed by atoms with E-state index >= 15 is 0 Å². The van der Waals surface area contributed by atoms with E-state index in [9.17, 15) is 8.42 Å². The van der Waals surface area contributed by atoms with Crippen molar-refractivity contribution in [2.24, 2.45) is 10.7 Å². The molecule has 7 nitrogen and oxygen atoms in total. The van der Waals surface area contributed by atoms with Gasteiger partial charge in [-0.2, -0.15) is 8.42 Å². The lowest BCUT2D eigenvalue weighted by molar-refractivity contribution is 0.419. The molecule has 0 aliphatic heterocycles. The molecule has 0 saturated heterocycles. The van der Waals surface area contributed by atoms with Gasteiger partial charge in [-0.1, -0.05) is 116 Å². The Morgan fingerprint density at radius 1 is 0.911 bits per heavy atom. The van der Waals surface area contributed by atoms with Gasteiger partial charge >= 0.3 is 0 Å². The van der Waals surface area contributed by atoms with Crippen LogP contribution in [0.15, 0.2) is 113 Å². The molecule has 1 heterocycles. The van der Waals surface area contributed by atoms with Gasteiger partial charge in [0.25, 0.3) is 10.1 Å². The molecule has 5 aromatic rings. The number of nitrogens with two attached hydrogens (primary N) is 1. The van der Waals surface area contributed by atoms with Crippen LogP contribution in [0.1, 0.15) is 54.6 Å². The first-order valence-electron chi connectivity index (χ1n) is 14.6. The minimum absolute atomic E-state index is 0.0306. The van der Waals surface area contributed by atoms with Gasteiger partial charge in [0.05, 0.1) is 18.0 Å². The molecule has 1 unspecified atom stereocenters. The van der Waals surface area contributed by atoms with Crippen molar-refractivity contribution in [2.75, 3.05) is 12.3 Å². The predicted molar refractivity (Wildman–Crippen MR) is 182 cm³/mol. The molecule has 0 bridgehead atoms. The molecule has 0 spiro atoms. The van der Waals surface area contributed by atoms with Crippen LogP contribution in [0, 0.1) is 0 Å². The molecule has 0 aliphatic rings. The first-order valence-corrected chi connectivity index (χ1v) is 16.6. The molecule has 1 atom stereocenters. The smallest absolute Gasteiger partial charge is 0.266 e. The zero-order valence-electron chi connectivity index (χ0n) is 25.4. The van der Waals surface area contributed by atoms with E-state index in [2.05, 4.69) is 67.3 Å². The SMILES string of the molecule is CC(C)(C)c1ccc(C(Cc2ccc(C(N)=NCCS(=O)(=O)O)cc2)c2cc(-c3cccc(-c4ccc(Cl)cc4)c3)on2)cc1. The zero-order chi connectivity index (χ0) is 32.2. The molecule has 232 valence electrons. The lowest BCUT2D eigenvalue weighted by Crippen LogP contribution is -2.16. The third-order valence-electron chi connectivity index (χ3n) is 7.71. The third-order valence-corrected chi connectivity index (χ3v) is 8.66. The Bertz CT molecular complexity index is 1890. The van der Waals surface area contributed by atoms with Crippen LogP contribution < -0.4 is 5.73 Å².